The Hall–Kier alpha value is -2.03. The van der Waals surface area contributed by atoms with Crippen LogP contribution in [-0.4, -0.2) is 12.0 Å². The van der Waals surface area contributed by atoms with E-state index in [1.807, 2.05) is 37.4 Å². The maximum absolute atomic E-state index is 5.77. The molecule has 0 aliphatic carbocycles. The molecule has 0 radical (unpaired) electrons. The third-order valence-corrected chi connectivity index (χ3v) is 2.69. The summed E-state index contributed by atoms with van der Waals surface area (Å²) in [5, 5.41) is 0. The smallest absolute Gasteiger partial charge is 0.0427 e. The summed E-state index contributed by atoms with van der Waals surface area (Å²) < 4.78 is 0. The SMILES string of the molecule is Cc1cc(N(C)Cc2cccc(N)c2)ccn1. The molecule has 0 atom stereocenters. The lowest BCUT2D eigenvalue weighted by Crippen LogP contribution is -2.16. The molecule has 1 aromatic heterocycles. The number of pyridine rings is 1. The van der Waals surface area contributed by atoms with Crippen LogP contribution in [0.5, 0.6) is 0 Å². The number of anilines is 2. The van der Waals surface area contributed by atoms with Gasteiger partial charge >= 0.3 is 0 Å². The number of nitrogens with two attached hydrogens (primary N) is 1. The van der Waals surface area contributed by atoms with Crippen LogP contribution in [0.1, 0.15) is 11.3 Å². The van der Waals surface area contributed by atoms with Gasteiger partial charge in [0.1, 0.15) is 0 Å². The third kappa shape index (κ3) is 2.97. The number of rotatable bonds is 3. The molecule has 2 N–H and O–H groups in total. The Balaban J connectivity index is 2.14. The van der Waals surface area contributed by atoms with E-state index < -0.39 is 0 Å². The topological polar surface area (TPSA) is 42.1 Å². The summed E-state index contributed by atoms with van der Waals surface area (Å²) in [7, 11) is 2.07. The molecule has 3 nitrogen and oxygen atoms in total. The summed E-state index contributed by atoms with van der Waals surface area (Å²) in [5.41, 5.74) is 9.98. The van der Waals surface area contributed by atoms with E-state index in [9.17, 15) is 0 Å². The highest BCUT2D eigenvalue weighted by Crippen LogP contribution is 2.16. The molecule has 0 aliphatic heterocycles. The predicted molar refractivity (Wildman–Crippen MR) is 71.9 cm³/mol. The van der Waals surface area contributed by atoms with Crippen LogP contribution in [0.2, 0.25) is 0 Å². The van der Waals surface area contributed by atoms with Crippen LogP contribution in [0.15, 0.2) is 42.6 Å². The lowest BCUT2D eigenvalue weighted by Gasteiger charge is -2.19. The van der Waals surface area contributed by atoms with E-state index in [0.717, 1.165) is 17.9 Å². The summed E-state index contributed by atoms with van der Waals surface area (Å²) in [4.78, 5) is 6.38. The Kier molecular flexibility index (Phi) is 3.28. The fourth-order valence-electron chi connectivity index (χ4n) is 1.82. The van der Waals surface area contributed by atoms with Gasteiger partial charge in [-0.25, -0.2) is 0 Å². The van der Waals surface area contributed by atoms with Gasteiger partial charge in [-0.3, -0.25) is 4.98 Å². The minimum Gasteiger partial charge on any atom is -0.399 e. The molecule has 0 spiro atoms. The van der Waals surface area contributed by atoms with E-state index in [2.05, 4.69) is 29.1 Å². The van der Waals surface area contributed by atoms with E-state index in [1.54, 1.807) is 0 Å². The van der Waals surface area contributed by atoms with E-state index in [0.29, 0.717) is 0 Å². The zero-order valence-electron chi connectivity index (χ0n) is 10.2. The Bertz CT molecular complexity index is 508. The lowest BCUT2D eigenvalue weighted by molar-refractivity contribution is 0.919. The first kappa shape index (κ1) is 11.5. The van der Waals surface area contributed by atoms with Crippen molar-refractivity contribution in [2.24, 2.45) is 0 Å². The zero-order chi connectivity index (χ0) is 12.3. The van der Waals surface area contributed by atoms with Crippen molar-refractivity contribution >= 4 is 11.4 Å². The molecule has 0 unspecified atom stereocenters. The van der Waals surface area contributed by atoms with Gasteiger partial charge in [0.05, 0.1) is 0 Å². The Labute approximate surface area is 102 Å². The summed E-state index contributed by atoms with van der Waals surface area (Å²) in [6, 6.07) is 12.1. The molecule has 0 amide bonds. The molecule has 88 valence electrons. The fraction of sp³-hybridized carbons (Fsp3) is 0.214. The molecular formula is C14H17N3. The third-order valence-electron chi connectivity index (χ3n) is 2.69. The van der Waals surface area contributed by atoms with Gasteiger partial charge in [0.2, 0.25) is 0 Å². The average Bonchev–Trinajstić information content (AvgIpc) is 2.29. The first-order valence-electron chi connectivity index (χ1n) is 5.63. The van der Waals surface area contributed by atoms with Crippen LogP contribution >= 0.6 is 0 Å². The van der Waals surface area contributed by atoms with Crippen molar-refractivity contribution in [3.63, 3.8) is 0 Å². The Morgan fingerprint density at radius 1 is 1.24 bits per heavy atom. The predicted octanol–water partition coefficient (Wildman–Crippen LogP) is 2.61. The molecule has 0 fully saturated rings. The average molecular weight is 227 g/mol. The number of aromatic nitrogens is 1. The highest BCUT2D eigenvalue weighted by Gasteiger charge is 2.02. The first-order chi connectivity index (χ1) is 8.15. The van der Waals surface area contributed by atoms with Gasteiger partial charge in [-0.2, -0.15) is 0 Å². The van der Waals surface area contributed by atoms with Crippen molar-refractivity contribution in [3.8, 4) is 0 Å². The van der Waals surface area contributed by atoms with Crippen LogP contribution in [-0.2, 0) is 6.54 Å². The van der Waals surface area contributed by atoms with E-state index >= 15 is 0 Å². The number of hydrogen-bond acceptors (Lipinski definition) is 3. The largest absolute Gasteiger partial charge is 0.399 e. The van der Waals surface area contributed by atoms with Crippen molar-refractivity contribution in [2.45, 2.75) is 13.5 Å². The Morgan fingerprint density at radius 3 is 2.76 bits per heavy atom. The standard InChI is InChI=1S/C14H17N3/c1-11-8-14(6-7-16-11)17(2)10-12-4-3-5-13(15)9-12/h3-9H,10,15H2,1-2H3. The highest BCUT2D eigenvalue weighted by molar-refractivity contribution is 5.47. The molecule has 0 bridgehead atoms. The molecule has 2 rings (SSSR count). The lowest BCUT2D eigenvalue weighted by atomic mass is 10.2. The van der Waals surface area contributed by atoms with Crippen molar-refractivity contribution in [2.75, 3.05) is 17.7 Å². The van der Waals surface area contributed by atoms with Crippen LogP contribution in [0.25, 0.3) is 0 Å². The van der Waals surface area contributed by atoms with Gasteiger partial charge < -0.3 is 10.6 Å². The maximum atomic E-state index is 5.77. The van der Waals surface area contributed by atoms with Gasteiger partial charge in [-0.05, 0) is 36.8 Å². The van der Waals surface area contributed by atoms with Gasteiger partial charge in [0.15, 0.2) is 0 Å². The van der Waals surface area contributed by atoms with Crippen LogP contribution in [0.3, 0.4) is 0 Å². The Morgan fingerprint density at radius 2 is 2.06 bits per heavy atom. The van der Waals surface area contributed by atoms with Gasteiger partial charge in [0.25, 0.3) is 0 Å². The van der Waals surface area contributed by atoms with Crippen LogP contribution in [0, 0.1) is 6.92 Å². The van der Waals surface area contributed by atoms with Crippen LogP contribution in [0.4, 0.5) is 11.4 Å². The molecule has 0 saturated carbocycles. The number of aryl methyl sites for hydroxylation is 1. The summed E-state index contributed by atoms with van der Waals surface area (Å²) in [5.74, 6) is 0. The summed E-state index contributed by atoms with van der Waals surface area (Å²) >= 11 is 0. The zero-order valence-corrected chi connectivity index (χ0v) is 10.2. The molecule has 0 aliphatic rings. The quantitative estimate of drug-likeness (QED) is 0.819. The number of nitrogen functional groups attached to an aromatic ring is 1. The van der Waals surface area contributed by atoms with Crippen LogP contribution < -0.4 is 10.6 Å². The molecule has 1 aromatic carbocycles. The van der Waals surface area contributed by atoms with Crippen molar-refractivity contribution in [3.05, 3.63) is 53.9 Å². The molecule has 1 heterocycles. The fourth-order valence-corrected chi connectivity index (χ4v) is 1.82. The number of nitrogens with zero attached hydrogens (tertiary/aromatic N) is 2. The highest BCUT2D eigenvalue weighted by atomic mass is 15.1. The van der Waals surface area contributed by atoms with Gasteiger partial charge in [0, 0.05) is 36.9 Å². The molecular weight excluding hydrogens is 210 g/mol. The summed E-state index contributed by atoms with van der Waals surface area (Å²) in [6.45, 7) is 2.84. The van der Waals surface area contributed by atoms with E-state index in [4.69, 9.17) is 5.73 Å². The minimum atomic E-state index is 0.807. The van der Waals surface area contributed by atoms with Gasteiger partial charge in [-0.15, -0.1) is 0 Å². The second-order valence-electron chi connectivity index (χ2n) is 4.26. The van der Waals surface area contributed by atoms with Crippen molar-refractivity contribution in [1.82, 2.24) is 4.98 Å². The molecule has 3 heteroatoms. The molecule has 17 heavy (non-hydrogen) atoms. The van der Waals surface area contributed by atoms with Crippen molar-refractivity contribution < 1.29 is 0 Å². The number of benzene rings is 1. The monoisotopic (exact) mass is 227 g/mol. The van der Waals surface area contributed by atoms with E-state index in [-0.39, 0.29) is 0 Å². The second kappa shape index (κ2) is 4.87. The van der Waals surface area contributed by atoms with Crippen molar-refractivity contribution in [1.29, 1.82) is 0 Å². The molecule has 2 aromatic rings. The maximum Gasteiger partial charge on any atom is 0.0427 e. The summed E-state index contributed by atoms with van der Waals surface area (Å²) in [6.07, 6.45) is 1.83. The minimum absolute atomic E-state index is 0.807. The second-order valence-corrected chi connectivity index (χ2v) is 4.26. The first-order valence-corrected chi connectivity index (χ1v) is 5.63. The normalized spacial score (nSPS) is 10.2. The van der Waals surface area contributed by atoms with Gasteiger partial charge in [-0.1, -0.05) is 12.1 Å². The number of hydrogen-bond donors (Lipinski definition) is 1. The van der Waals surface area contributed by atoms with E-state index in [1.165, 1.54) is 11.3 Å². The molecule has 0 saturated heterocycles.